The van der Waals surface area contributed by atoms with Gasteiger partial charge in [0.2, 0.25) is 11.8 Å². The molecular weight excluding hydrogens is 534 g/mol. The van der Waals surface area contributed by atoms with Crippen LogP contribution in [0.25, 0.3) is 0 Å². The molecule has 2 amide bonds. The van der Waals surface area contributed by atoms with Gasteiger partial charge in [-0.1, -0.05) is 96.1 Å². The second kappa shape index (κ2) is 13.3. The highest BCUT2D eigenvalue weighted by Gasteiger charge is 2.34. The molecule has 0 aliphatic rings. The van der Waals surface area contributed by atoms with E-state index in [9.17, 15) is 18.0 Å². The molecule has 1 atom stereocenters. The molecule has 0 radical (unpaired) electrons. The maximum absolute atomic E-state index is 14.2. The minimum atomic E-state index is -4.11. The van der Waals surface area contributed by atoms with Crippen LogP contribution in [0.1, 0.15) is 22.3 Å². The van der Waals surface area contributed by atoms with E-state index in [-0.39, 0.29) is 23.8 Å². The minimum absolute atomic E-state index is 0.0817. The number of likely N-dealkylation sites (N-methyl/N-ethyl adjacent to an activating group) is 1. The molecule has 0 unspecified atom stereocenters. The Morgan fingerprint density at radius 3 is 1.78 bits per heavy atom. The summed E-state index contributed by atoms with van der Waals surface area (Å²) < 4.78 is 29.1. The Hall–Kier alpha value is -4.43. The second-order valence-corrected chi connectivity index (χ2v) is 11.8. The molecule has 0 saturated carbocycles. The van der Waals surface area contributed by atoms with Crippen molar-refractivity contribution < 1.29 is 18.0 Å². The molecule has 0 aliphatic heterocycles. The zero-order valence-electron chi connectivity index (χ0n) is 23.5. The van der Waals surface area contributed by atoms with Crippen LogP contribution in [0.4, 0.5) is 5.69 Å². The molecule has 0 saturated heterocycles. The smallest absolute Gasteiger partial charge is 0.264 e. The van der Waals surface area contributed by atoms with Gasteiger partial charge < -0.3 is 10.2 Å². The van der Waals surface area contributed by atoms with Crippen LogP contribution in [-0.4, -0.2) is 44.8 Å². The highest BCUT2D eigenvalue weighted by molar-refractivity contribution is 7.92. The van der Waals surface area contributed by atoms with Gasteiger partial charge >= 0.3 is 0 Å². The van der Waals surface area contributed by atoms with Crippen molar-refractivity contribution in [1.82, 2.24) is 10.2 Å². The lowest BCUT2D eigenvalue weighted by Gasteiger charge is -2.33. The van der Waals surface area contributed by atoms with Crippen molar-refractivity contribution in [2.75, 3.05) is 17.9 Å². The zero-order valence-corrected chi connectivity index (χ0v) is 24.3. The van der Waals surface area contributed by atoms with E-state index < -0.39 is 28.5 Å². The monoisotopic (exact) mass is 569 g/mol. The predicted molar refractivity (Wildman–Crippen MR) is 162 cm³/mol. The molecule has 4 aromatic rings. The number of nitrogens with zero attached hydrogens (tertiary/aromatic N) is 2. The Morgan fingerprint density at radius 2 is 1.24 bits per heavy atom. The number of carbonyl (C=O) groups is 2. The molecule has 7 nitrogen and oxygen atoms in total. The SMILES string of the molecule is CNC(=O)[C@H](Cc1ccccc1)N(Cc1ccccc1)C(=O)CN(c1ccc(C)cc1)S(=O)(=O)c1ccc(C)cc1. The summed E-state index contributed by atoms with van der Waals surface area (Å²) in [5.41, 5.74) is 3.95. The van der Waals surface area contributed by atoms with Crippen LogP contribution in [0.5, 0.6) is 0 Å². The van der Waals surface area contributed by atoms with Crippen LogP contribution >= 0.6 is 0 Å². The van der Waals surface area contributed by atoms with Crippen LogP contribution in [0, 0.1) is 13.8 Å². The molecule has 1 N–H and O–H groups in total. The van der Waals surface area contributed by atoms with Gasteiger partial charge in [-0.25, -0.2) is 8.42 Å². The van der Waals surface area contributed by atoms with Gasteiger partial charge in [0.15, 0.2) is 0 Å². The third kappa shape index (κ3) is 7.41. The highest BCUT2D eigenvalue weighted by atomic mass is 32.2. The van der Waals surface area contributed by atoms with Crippen LogP contribution in [0.3, 0.4) is 0 Å². The highest BCUT2D eigenvalue weighted by Crippen LogP contribution is 2.25. The Balaban J connectivity index is 1.77. The molecule has 0 aromatic heterocycles. The first-order chi connectivity index (χ1) is 19.7. The van der Waals surface area contributed by atoms with E-state index >= 15 is 0 Å². The van der Waals surface area contributed by atoms with Crippen molar-refractivity contribution in [2.45, 2.75) is 37.8 Å². The van der Waals surface area contributed by atoms with Crippen LogP contribution < -0.4 is 9.62 Å². The van der Waals surface area contributed by atoms with Gasteiger partial charge in [0.1, 0.15) is 12.6 Å². The number of hydrogen-bond donors (Lipinski definition) is 1. The molecule has 0 spiro atoms. The number of sulfonamides is 1. The van der Waals surface area contributed by atoms with Gasteiger partial charge in [0.25, 0.3) is 10.0 Å². The minimum Gasteiger partial charge on any atom is -0.357 e. The lowest BCUT2D eigenvalue weighted by Crippen LogP contribution is -2.53. The number of aryl methyl sites for hydroxylation is 2. The fraction of sp³-hybridized carbons (Fsp3) is 0.212. The van der Waals surface area contributed by atoms with Crippen molar-refractivity contribution in [3.8, 4) is 0 Å². The number of hydrogen-bond acceptors (Lipinski definition) is 4. The van der Waals surface area contributed by atoms with E-state index in [1.54, 1.807) is 36.4 Å². The van der Waals surface area contributed by atoms with E-state index in [4.69, 9.17) is 0 Å². The largest absolute Gasteiger partial charge is 0.357 e. The van der Waals surface area contributed by atoms with Crippen molar-refractivity contribution in [3.05, 3.63) is 131 Å². The molecule has 0 aliphatic carbocycles. The first-order valence-electron chi connectivity index (χ1n) is 13.4. The summed E-state index contributed by atoms with van der Waals surface area (Å²) in [5.74, 6) is -0.823. The second-order valence-electron chi connectivity index (χ2n) is 9.99. The average molecular weight is 570 g/mol. The number of rotatable bonds is 11. The standard InChI is InChI=1S/C33H35N3O4S/c1-25-14-18-29(19-15-25)36(41(39,40)30-20-16-26(2)17-21-30)24-32(37)35(23-28-12-8-5-9-13-28)31(33(38)34-3)22-27-10-6-4-7-11-27/h4-21,31H,22-24H2,1-3H3,(H,34,38)/t31-/m0/s1. The summed E-state index contributed by atoms with van der Waals surface area (Å²) >= 11 is 0. The molecule has 4 aromatic carbocycles. The van der Waals surface area contributed by atoms with Crippen molar-refractivity contribution in [2.24, 2.45) is 0 Å². The van der Waals surface area contributed by atoms with Gasteiger partial charge in [-0.3, -0.25) is 13.9 Å². The molecule has 0 fully saturated rings. The Morgan fingerprint density at radius 1 is 0.732 bits per heavy atom. The van der Waals surface area contributed by atoms with Crippen LogP contribution in [0.15, 0.2) is 114 Å². The van der Waals surface area contributed by atoms with Gasteiger partial charge in [0.05, 0.1) is 10.6 Å². The number of carbonyl (C=O) groups excluding carboxylic acids is 2. The van der Waals surface area contributed by atoms with Crippen molar-refractivity contribution in [1.29, 1.82) is 0 Å². The van der Waals surface area contributed by atoms with Crippen LogP contribution in [0.2, 0.25) is 0 Å². The third-order valence-electron chi connectivity index (χ3n) is 6.92. The maximum atomic E-state index is 14.2. The Labute approximate surface area is 242 Å². The molecule has 0 bridgehead atoms. The number of anilines is 1. The van der Waals surface area contributed by atoms with Gasteiger partial charge in [0, 0.05) is 20.0 Å². The summed E-state index contributed by atoms with van der Waals surface area (Å²) in [4.78, 5) is 29.0. The van der Waals surface area contributed by atoms with E-state index in [0.29, 0.717) is 5.69 Å². The maximum Gasteiger partial charge on any atom is 0.264 e. The lowest BCUT2D eigenvalue weighted by molar-refractivity contribution is -0.139. The topological polar surface area (TPSA) is 86.8 Å². The third-order valence-corrected chi connectivity index (χ3v) is 8.71. The molecular formula is C33H35N3O4S. The quantitative estimate of drug-likeness (QED) is 0.279. The number of amides is 2. The normalized spacial score (nSPS) is 11.9. The first-order valence-corrected chi connectivity index (χ1v) is 14.9. The summed E-state index contributed by atoms with van der Waals surface area (Å²) in [7, 11) is -2.58. The zero-order chi connectivity index (χ0) is 29.4. The van der Waals surface area contributed by atoms with E-state index in [1.165, 1.54) is 11.9 Å². The fourth-order valence-corrected chi connectivity index (χ4v) is 5.99. The fourth-order valence-electron chi connectivity index (χ4n) is 4.58. The van der Waals surface area contributed by atoms with E-state index in [2.05, 4.69) is 5.32 Å². The Bertz CT molecular complexity index is 1560. The number of nitrogens with one attached hydrogen (secondary N) is 1. The molecule has 8 heteroatoms. The molecule has 212 valence electrons. The van der Waals surface area contributed by atoms with Gasteiger partial charge in [-0.15, -0.1) is 0 Å². The van der Waals surface area contributed by atoms with E-state index in [1.807, 2.05) is 86.6 Å². The van der Waals surface area contributed by atoms with Gasteiger partial charge in [-0.05, 0) is 49.2 Å². The van der Waals surface area contributed by atoms with Crippen LogP contribution in [-0.2, 0) is 32.6 Å². The van der Waals surface area contributed by atoms with Crippen molar-refractivity contribution >= 4 is 27.5 Å². The summed E-state index contributed by atoms with van der Waals surface area (Å²) in [6.07, 6.45) is 0.272. The average Bonchev–Trinajstić information content (AvgIpc) is 2.99. The Kier molecular flexibility index (Phi) is 9.57. The van der Waals surface area contributed by atoms with Crippen molar-refractivity contribution in [3.63, 3.8) is 0 Å². The summed E-state index contributed by atoms with van der Waals surface area (Å²) in [6.45, 7) is 3.45. The predicted octanol–water partition coefficient (Wildman–Crippen LogP) is 4.88. The summed E-state index contributed by atoms with van der Waals surface area (Å²) in [6, 6.07) is 31.5. The van der Waals surface area contributed by atoms with Gasteiger partial charge in [-0.2, -0.15) is 0 Å². The first kappa shape index (κ1) is 29.6. The molecule has 0 heterocycles. The molecule has 41 heavy (non-hydrogen) atoms. The lowest BCUT2D eigenvalue weighted by atomic mass is 10.0. The molecule has 4 rings (SSSR count). The summed E-state index contributed by atoms with van der Waals surface area (Å²) in [5, 5.41) is 2.69. The van der Waals surface area contributed by atoms with E-state index in [0.717, 1.165) is 26.6 Å². The number of benzene rings is 4.